The van der Waals surface area contributed by atoms with E-state index in [9.17, 15) is 0 Å². The molecule has 0 aromatic carbocycles. The SMILES string of the molecule is Cn1nncc1CNCCCCC(C)(C)C. The average molecular weight is 224 g/mol. The molecule has 0 saturated heterocycles. The molecule has 1 aromatic heterocycles. The number of hydrogen-bond donors (Lipinski definition) is 1. The van der Waals surface area contributed by atoms with Crippen molar-refractivity contribution in [2.75, 3.05) is 6.54 Å². The molecule has 0 aliphatic rings. The van der Waals surface area contributed by atoms with Gasteiger partial charge in [0.15, 0.2) is 0 Å². The Labute approximate surface area is 98.4 Å². The summed E-state index contributed by atoms with van der Waals surface area (Å²) in [6.45, 7) is 8.81. The van der Waals surface area contributed by atoms with Crippen molar-refractivity contribution >= 4 is 0 Å². The van der Waals surface area contributed by atoms with Gasteiger partial charge in [0.25, 0.3) is 0 Å². The summed E-state index contributed by atoms with van der Waals surface area (Å²) in [4.78, 5) is 0. The Morgan fingerprint density at radius 2 is 2.06 bits per heavy atom. The molecule has 4 nitrogen and oxygen atoms in total. The third-order valence-corrected chi connectivity index (χ3v) is 2.64. The highest BCUT2D eigenvalue weighted by molar-refractivity contribution is 4.91. The quantitative estimate of drug-likeness (QED) is 0.753. The molecule has 0 bridgehead atoms. The van der Waals surface area contributed by atoms with Gasteiger partial charge >= 0.3 is 0 Å². The molecule has 92 valence electrons. The minimum absolute atomic E-state index is 0.464. The Hall–Kier alpha value is -0.900. The third-order valence-electron chi connectivity index (χ3n) is 2.64. The molecule has 0 unspecified atom stereocenters. The number of aryl methyl sites for hydroxylation is 1. The van der Waals surface area contributed by atoms with Crippen molar-refractivity contribution in [2.24, 2.45) is 12.5 Å². The van der Waals surface area contributed by atoms with E-state index < -0.39 is 0 Å². The van der Waals surface area contributed by atoms with E-state index in [-0.39, 0.29) is 0 Å². The van der Waals surface area contributed by atoms with Gasteiger partial charge in [0.05, 0.1) is 11.9 Å². The predicted molar refractivity (Wildman–Crippen MR) is 66.0 cm³/mol. The molecule has 4 heteroatoms. The number of nitrogens with zero attached hydrogens (tertiary/aromatic N) is 3. The highest BCUT2D eigenvalue weighted by Gasteiger charge is 2.08. The van der Waals surface area contributed by atoms with Crippen LogP contribution in [0.4, 0.5) is 0 Å². The number of hydrogen-bond acceptors (Lipinski definition) is 3. The Morgan fingerprint density at radius 1 is 1.31 bits per heavy atom. The molecule has 0 radical (unpaired) electrons. The van der Waals surface area contributed by atoms with Gasteiger partial charge in [0.2, 0.25) is 0 Å². The van der Waals surface area contributed by atoms with Gasteiger partial charge in [-0.05, 0) is 24.8 Å². The summed E-state index contributed by atoms with van der Waals surface area (Å²) in [5, 5.41) is 11.1. The standard InChI is InChI=1S/C12H24N4/c1-12(2,3)7-5-6-8-13-9-11-10-14-15-16(11)4/h10,13H,5-9H2,1-4H3. The molecule has 0 spiro atoms. The fourth-order valence-corrected chi connectivity index (χ4v) is 1.59. The summed E-state index contributed by atoms with van der Waals surface area (Å²) in [5.41, 5.74) is 1.60. The third kappa shape index (κ3) is 5.26. The lowest BCUT2D eigenvalue weighted by atomic mass is 9.90. The van der Waals surface area contributed by atoms with E-state index in [1.54, 1.807) is 0 Å². The van der Waals surface area contributed by atoms with Gasteiger partial charge in [0.1, 0.15) is 0 Å². The molecule has 16 heavy (non-hydrogen) atoms. The topological polar surface area (TPSA) is 42.7 Å². The molecule has 0 fully saturated rings. The molecule has 1 N–H and O–H groups in total. The number of rotatable bonds is 6. The van der Waals surface area contributed by atoms with Crippen molar-refractivity contribution in [3.05, 3.63) is 11.9 Å². The molecule has 1 rings (SSSR count). The number of nitrogens with one attached hydrogen (secondary N) is 1. The summed E-state index contributed by atoms with van der Waals surface area (Å²) in [6, 6.07) is 0. The van der Waals surface area contributed by atoms with Gasteiger partial charge in [-0.1, -0.05) is 32.4 Å². The normalized spacial score (nSPS) is 12.0. The largest absolute Gasteiger partial charge is 0.311 e. The lowest BCUT2D eigenvalue weighted by molar-refractivity contribution is 0.358. The molecule has 0 aliphatic carbocycles. The molecule has 0 atom stereocenters. The van der Waals surface area contributed by atoms with Crippen LogP contribution in [0.2, 0.25) is 0 Å². The second kappa shape index (κ2) is 5.99. The van der Waals surface area contributed by atoms with Crippen LogP contribution in [0.1, 0.15) is 45.7 Å². The van der Waals surface area contributed by atoms with Crippen LogP contribution in [0.3, 0.4) is 0 Å². The van der Waals surface area contributed by atoms with Crippen LogP contribution in [-0.2, 0) is 13.6 Å². The summed E-state index contributed by atoms with van der Waals surface area (Å²) < 4.78 is 1.81. The van der Waals surface area contributed by atoms with Gasteiger partial charge in [0, 0.05) is 13.6 Å². The highest BCUT2D eigenvalue weighted by Crippen LogP contribution is 2.21. The minimum atomic E-state index is 0.464. The van der Waals surface area contributed by atoms with Crippen molar-refractivity contribution < 1.29 is 0 Å². The molecule has 1 heterocycles. The second-order valence-electron chi connectivity index (χ2n) is 5.54. The first-order valence-corrected chi connectivity index (χ1v) is 6.03. The van der Waals surface area contributed by atoms with Crippen LogP contribution < -0.4 is 5.32 Å². The Bertz CT molecular complexity index is 298. The summed E-state index contributed by atoms with van der Waals surface area (Å²) in [7, 11) is 1.92. The smallest absolute Gasteiger partial charge is 0.0738 e. The zero-order valence-corrected chi connectivity index (χ0v) is 11.0. The molecule has 0 saturated carbocycles. The highest BCUT2D eigenvalue weighted by atomic mass is 15.4. The van der Waals surface area contributed by atoms with E-state index in [4.69, 9.17) is 0 Å². The van der Waals surface area contributed by atoms with Crippen LogP contribution >= 0.6 is 0 Å². The lowest BCUT2D eigenvalue weighted by Gasteiger charge is -2.17. The average Bonchev–Trinajstić information content (AvgIpc) is 2.56. The zero-order chi connectivity index (χ0) is 12.0. The van der Waals surface area contributed by atoms with Crippen LogP contribution in [0.25, 0.3) is 0 Å². The van der Waals surface area contributed by atoms with Gasteiger partial charge in [-0.15, -0.1) is 5.10 Å². The maximum atomic E-state index is 3.89. The monoisotopic (exact) mass is 224 g/mol. The van der Waals surface area contributed by atoms with E-state index in [0.717, 1.165) is 18.8 Å². The predicted octanol–water partition coefficient (Wildman–Crippen LogP) is 2.12. The second-order valence-corrected chi connectivity index (χ2v) is 5.54. The Kier molecular flexibility index (Phi) is 4.93. The maximum Gasteiger partial charge on any atom is 0.0738 e. The van der Waals surface area contributed by atoms with E-state index >= 15 is 0 Å². The zero-order valence-electron chi connectivity index (χ0n) is 11.0. The molecule has 0 aliphatic heterocycles. The van der Waals surface area contributed by atoms with E-state index in [1.807, 2.05) is 17.9 Å². The maximum absolute atomic E-state index is 3.89. The fraction of sp³-hybridized carbons (Fsp3) is 0.833. The number of aromatic nitrogens is 3. The van der Waals surface area contributed by atoms with Crippen LogP contribution in [0.15, 0.2) is 6.20 Å². The van der Waals surface area contributed by atoms with Gasteiger partial charge in [-0.3, -0.25) is 4.68 Å². The Morgan fingerprint density at radius 3 is 2.62 bits per heavy atom. The molecular weight excluding hydrogens is 200 g/mol. The fourth-order valence-electron chi connectivity index (χ4n) is 1.59. The van der Waals surface area contributed by atoms with E-state index in [0.29, 0.717) is 5.41 Å². The van der Waals surface area contributed by atoms with Crippen molar-refractivity contribution in [1.29, 1.82) is 0 Å². The first-order valence-electron chi connectivity index (χ1n) is 6.03. The van der Waals surface area contributed by atoms with Gasteiger partial charge in [-0.2, -0.15) is 0 Å². The molecule has 0 amide bonds. The van der Waals surface area contributed by atoms with E-state index in [2.05, 4.69) is 36.4 Å². The van der Waals surface area contributed by atoms with Crippen molar-refractivity contribution in [3.8, 4) is 0 Å². The first kappa shape index (κ1) is 13.2. The summed E-state index contributed by atoms with van der Waals surface area (Å²) >= 11 is 0. The summed E-state index contributed by atoms with van der Waals surface area (Å²) in [6.07, 6.45) is 5.63. The minimum Gasteiger partial charge on any atom is -0.311 e. The van der Waals surface area contributed by atoms with Crippen molar-refractivity contribution in [1.82, 2.24) is 20.3 Å². The molecular formula is C12H24N4. The van der Waals surface area contributed by atoms with Crippen LogP contribution in [0.5, 0.6) is 0 Å². The van der Waals surface area contributed by atoms with Crippen molar-refractivity contribution in [2.45, 2.75) is 46.6 Å². The molecule has 1 aromatic rings. The van der Waals surface area contributed by atoms with E-state index in [1.165, 1.54) is 19.3 Å². The van der Waals surface area contributed by atoms with Gasteiger partial charge < -0.3 is 5.32 Å². The van der Waals surface area contributed by atoms with Crippen molar-refractivity contribution in [3.63, 3.8) is 0 Å². The first-order chi connectivity index (χ1) is 7.49. The lowest BCUT2D eigenvalue weighted by Crippen LogP contribution is -2.17. The Balaban J connectivity index is 2.03. The summed E-state index contributed by atoms with van der Waals surface area (Å²) in [5.74, 6) is 0. The van der Waals surface area contributed by atoms with Crippen LogP contribution in [0, 0.1) is 5.41 Å². The number of unbranched alkanes of at least 4 members (excludes halogenated alkanes) is 1. The van der Waals surface area contributed by atoms with Gasteiger partial charge in [-0.25, -0.2) is 0 Å². The van der Waals surface area contributed by atoms with Crippen LogP contribution in [-0.4, -0.2) is 21.5 Å².